The Balaban J connectivity index is 1.72. The maximum Gasteiger partial charge on any atom is 0.263 e. The second-order valence-electron chi connectivity index (χ2n) is 6.07. The molecule has 2 atom stereocenters. The summed E-state index contributed by atoms with van der Waals surface area (Å²) < 4.78 is 0. The van der Waals surface area contributed by atoms with E-state index >= 15 is 0 Å². The van der Waals surface area contributed by atoms with Gasteiger partial charge in [-0.05, 0) is 31.5 Å². The van der Waals surface area contributed by atoms with Crippen LogP contribution >= 0.6 is 23.5 Å². The van der Waals surface area contributed by atoms with Gasteiger partial charge >= 0.3 is 0 Å². The largest absolute Gasteiger partial charge is 0.344 e. The average molecular weight is 356 g/mol. The van der Waals surface area contributed by atoms with E-state index < -0.39 is 0 Å². The first kappa shape index (κ1) is 15.6. The van der Waals surface area contributed by atoms with Crippen LogP contribution in [0.2, 0.25) is 0 Å². The van der Waals surface area contributed by atoms with E-state index in [1.54, 1.807) is 0 Å². The molecule has 0 radical (unpaired) electrons. The van der Waals surface area contributed by atoms with Crippen LogP contribution in [0.5, 0.6) is 0 Å². The number of aryl methyl sites for hydroxylation is 1. The van der Waals surface area contributed by atoms with Gasteiger partial charge in [-0.25, -0.2) is 0 Å². The van der Waals surface area contributed by atoms with Gasteiger partial charge in [0, 0.05) is 4.90 Å². The van der Waals surface area contributed by atoms with Crippen LogP contribution in [0, 0.1) is 6.92 Å². The number of anilines is 1. The molecule has 0 bridgehead atoms. The van der Waals surface area contributed by atoms with Crippen molar-refractivity contribution in [3.8, 4) is 0 Å². The van der Waals surface area contributed by atoms with Crippen molar-refractivity contribution in [2.75, 3.05) is 5.32 Å². The van der Waals surface area contributed by atoms with Gasteiger partial charge in [0.2, 0.25) is 0 Å². The van der Waals surface area contributed by atoms with Crippen LogP contribution in [0.3, 0.4) is 0 Å². The first-order valence-corrected chi connectivity index (χ1v) is 9.39. The lowest BCUT2D eigenvalue weighted by Gasteiger charge is -2.33. The van der Waals surface area contributed by atoms with Crippen molar-refractivity contribution in [1.82, 2.24) is 5.32 Å². The van der Waals surface area contributed by atoms with Gasteiger partial charge in [-0.15, -0.1) is 11.8 Å². The number of hydrogen-bond donors (Lipinski definition) is 2. The molecule has 4 rings (SSSR count). The number of nitrogens with one attached hydrogen (secondary N) is 2. The highest BCUT2D eigenvalue weighted by molar-refractivity contribution is 8.08. The van der Waals surface area contributed by atoms with Gasteiger partial charge < -0.3 is 10.6 Å². The van der Waals surface area contributed by atoms with Crippen molar-refractivity contribution < 1.29 is 9.59 Å². The summed E-state index contributed by atoms with van der Waals surface area (Å²) in [5.74, 6) is -0.382. The molecule has 0 spiro atoms. The zero-order valence-electron chi connectivity index (χ0n) is 13.3. The van der Waals surface area contributed by atoms with Crippen LogP contribution in [-0.2, 0) is 9.59 Å². The molecular formula is C18H16N2O2S2. The van der Waals surface area contributed by atoms with Crippen LogP contribution in [0.15, 0.2) is 56.7 Å². The van der Waals surface area contributed by atoms with Crippen molar-refractivity contribution in [3.63, 3.8) is 0 Å². The highest BCUT2D eigenvalue weighted by Crippen LogP contribution is 2.44. The molecule has 1 aromatic rings. The third-order valence-electron chi connectivity index (χ3n) is 4.12. The van der Waals surface area contributed by atoms with Crippen LogP contribution in [0.4, 0.5) is 5.69 Å². The first-order valence-electron chi connectivity index (χ1n) is 7.69. The quantitative estimate of drug-likeness (QED) is 0.700. The van der Waals surface area contributed by atoms with Crippen LogP contribution in [-0.4, -0.2) is 23.1 Å². The number of thioether (sulfide) groups is 2. The van der Waals surface area contributed by atoms with Gasteiger partial charge in [0.25, 0.3) is 11.8 Å². The van der Waals surface area contributed by atoms with Crippen molar-refractivity contribution in [2.45, 2.75) is 30.0 Å². The number of fused-ring (bicyclic) bond motifs is 2. The van der Waals surface area contributed by atoms with Gasteiger partial charge in [0.1, 0.15) is 0 Å². The van der Waals surface area contributed by atoms with E-state index in [-0.39, 0.29) is 23.1 Å². The Morgan fingerprint density at radius 1 is 1.08 bits per heavy atom. The van der Waals surface area contributed by atoms with Gasteiger partial charge in [0.15, 0.2) is 0 Å². The van der Waals surface area contributed by atoms with Crippen molar-refractivity contribution in [3.05, 3.63) is 57.4 Å². The molecule has 2 aliphatic heterocycles. The van der Waals surface area contributed by atoms with Gasteiger partial charge in [-0.1, -0.05) is 41.6 Å². The van der Waals surface area contributed by atoms with Crippen LogP contribution in [0.25, 0.3) is 0 Å². The molecule has 2 N–H and O–H groups in total. The number of carbonyl (C=O) groups is 2. The highest BCUT2D eigenvalue weighted by atomic mass is 32.2. The minimum Gasteiger partial charge on any atom is -0.344 e. The minimum absolute atomic E-state index is 0.0123. The zero-order valence-corrected chi connectivity index (χ0v) is 14.9. The predicted octanol–water partition coefficient (Wildman–Crippen LogP) is 3.37. The summed E-state index contributed by atoms with van der Waals surface area (Å²) in [6, 6.07) is 5.88. The number of amides is 2. The molecule has 1 aromatic carbocycles. The number of rotatable bonds is 0. The Labute approximate surface area is 148 Å². The maximum atomic E-state index is 12.5. The number of benzene rings is 1. The van der Waals surface area contributed by atoms with E-state index in [1.807, 2.05) is 44.2 Å². The Kier molecular flexibility index (Phi) is 3.81. The highest BCUT2D eigenvalue weighted by Gasteiger charge is 2.36. The van der Waals surface area contributed by atoms with Gasteiger partial charge in [-0.2, -0.15) is 0 Å². The monoisotopic (exact) mass is 356 g/mol. The molecule has 24 heavy (non-hydrogen) atoms. The molecule has 6 heteroatoms. The summed E-state index contributed by atoms with van der Waals surface area (Å²) in [6.45, 7) is 4.05. The molecular weight excluding hydrogens is 340 g/mol. The van der Waals surface area contributed by atoms with E-state index in [1.165, 1.54) is 29.1 Å². The van der Waals surface area contributed by atoms with Crippen LogP contribution < -0.4 is 10.6 Å². The van der Waals surface area contributed by atoms with E-state index in [2.05, 4.69) is 16.7 Å². The number of carbonyl (C=O) groups excluding carboxylic acids is 2. The molecule has 2 heterocycles. The van der Waals surface area contributed by atoms with Crippen molar-refractivity contribution in [1.29, 1.82) is 0 Å². The molecule has 0 aromatic heterocycles. The predicted molar refractivity (Wildman–Crippen MR) is 98.9 cm³/mol. The Bertz CT molecular complexity index is 855. The molecule has 4 nitrogen and oxygen atoms in total. The summed E-state index contributed by atoms with van der Waals surface area (Å²) in [6.07, 6.45) is 6.17. The van der Waals surface area contributed by atoms with E-state index in [4.69, 9.17) is 0 Å². The molecule has 122 valence electrons. The number of hydrogen-bond acceptors (Lipinski definition) is 4. The second kappa shape index (κ2) is 5.86. The topological polar surface area (TPSA) is 58.2 Å². The molecule has 1 aliphatic carbocycles. The van der Waals surface area contributed by atoms with E-state index in [0.29, 0.717) is 9.81 Å². The lowest BCUT2D eigenvalue weighted by atomic mass is 10.0. The second-order valence-corrected chi connectivity index (χ2v) is 8.31. The lowest BCUT2D eigenvalue weighted by molar-refractivity contribution is -0.118. The fourth-order valence-corrected chi connectivity index (χ4v) is 5.40. The van der Waals surface area contributed by atoms with E-state index in [9.17, 15) is 9.59 Å². The molecule has 1 saturated heterocycles. The lowest BCUT2D eigenvalue weighted by Crippen LogP contribution is -2.46. The smallest absolute Gasteiger partial charge is 0.263 e. The summed E-state index contributed by atoms with van der Waals surface area (Å²) in [5, 5.41) is 6.02. The van der Waals surface area contributed by atoms with Crippen LogP contribution in [0.1, 0.15) is 12.5 Å². The zero-order chi connectivity index (χ0) is 16.8. The van der Waals surface area contributed by atoms with Crippen molar-refractivity contribution >= 4 is 41.0 Å². The Morgan fingerprint density at radius 3 is 2.75 bits per heavy atom. The third-order valence-corrected chi connectivity index (χ3v) is 6.72. The standard InChI is InChI=1S/C18H16N2O2S2/c1-9-3-5-11-13(7-9)23-15(17(21)19-11)16-18(22)20-12-6-4-10(2)8-14(12)24-16/h3-8,11,13H,1-2H3,(H,19,21)(H,20,22). The van der Waals surface area contributed by atoms with Gasteiger partial charge in [0.05, 0.1) is 26.8 Å². The maximum absolute atomic E-state index is 12.5. The summed E-state index contributed by atoms with van der Waals surface area (Å²) in [5.41, 5.74) is 3.10. The normalized spacial score (nSPS) is 28.5. The fraction of sp³-hybridized carbons (Fsp3) is 0.222. The molecule has 2 amide bonds. The minimum atomic E-state index is -0.209. The molecule has 3 aliphatic rings. The summed E-state index contributed by atoms with van der Waals surface area (Å²) >= 11 is 2.85. The number of allylic oxidation sites excluding steroid dienone is 2. The fourth-order valence-electron chi connectivity index (χ4n) is 2.89. The van der Waals surface area contributed by atoms with Gasteiger partial charge in [-0.3, -0.25) is 9.59 Å². The summed E-state index contributed by atoms with van der Waals surface area (Å²) in [4.78, 5) is 27.0. The van der Waals surface area contributed by atoms with E-state index in [0.717, 1.165) is 16.1 Å². The SMILES string of the molecule is CC1=CC2SC(=C3Sc4cc(C)ccc4NC3=O)C(=O)NC2C=C1. The average Bonchev–Trinajstić information content (AvgIpc) is 2.54. The molecule has 2 unspecified atom stereocenters. The summed E-state index contributed by atoms with van der Waals surface area (Å²) in [7, 11) is 0. The third kappa shape index (κ3) is 2.70. The Hall–Kier alpha value is -1.92. The first-order chi connectivity index (χ1) is 11.5. The Morgan fingerprint density at radius 2 is 1.92 bits per heavy atom. The molecule has 0 saturated carbocycles. The van der Waals surface area contributed by atoms with Crippen molar-refractivity contribution in [2.24, 2.45) is 0 Å². The molecule has 1 fully saturated rings.